The second-order valence-corrected chi connectivity index (χ2v) is 6.15. The molecule has 0 atom stereocenters. The highest BCUT2D eigenvalue weighted by atomic mass is 32.1. The number of hydrogen-bond acceptors (Lipinski definition) is 5. The molecule has 3 rings (SSSR count). The van der Waals surface area contributed by atoms with Crippen LogP contribution in [0.5, 0.6) is 5.88 Å². The van der Waals surface area contributed by atoms with E-state index in [1.54, 1.807) is 0 Å². The van der Waals surface area contributed by atoms with Gasteiger partial charge in [-0.25, -0.2) is 0 Å². The summed E-state index contributed by atoms with van der Waals surface area (Å²) in [6.45, 7) is 3.74. The molecule has 0 bridgehead atoms. The summed E-state index contributed by atoms with van der Waals surface area (Å²) in [6, 6.07) is 4.39. The number of alkyl halides is 3. The minimum absolute atomic E-state index is 0.0290. The third-order valence-electron chi connectivity index (χ3n) is 3.93. The number of H-pyrrole nitrogens is 1. The van der Waals surface area contributed by atoms with Crippen molar-refractivity contribution < 1.29 is 18.3 Å². The van der Waals surface area contributed by atoms with Gasteiger partial charge in [-0.1, -0.05) is 18.2 Å². The Morgan fingerprint density at radius 2 is 1.96 bits per heavy atom. The Morgan fingerprint density at radius 3 is 2.57 bits per heavy atom. The lowest BCUT2D eigenvalue weighted by Gasteiger charge is -2.10. The Balaban J connectivity index is 2.04. The van der Waals surface area contributed by atoms with Gasteiger partial charge in [0.15, 0.2) is 4.77 Å². The third-order valence-corrected chi connectivity index (χ3v) is 4.25. The van der Waals surface area contributed by atoms with E-state index in [1.807, 2.05) is 0 Å². The average Bonchev–Trinajstić information content (AvgIpc) is 3.10. The number of allylic oxidation sites excluding steroid dienone is 2. The summed E-state index contributed by atoms with van der Waals surface area (Å²) < 4.78 is 39.5. The maximum atomic E-state index is 12.7. The molecule has 28 heavy (non-hydrogen) atoms. The van der Waals surface area contributed by atoms with Crippen molar-refractivity contribution in [3.05, 3.63) is 74.3 Å². The first-order valence-electron chi connectivity index (χ1n) is 7.90. The molecule has 2 heterocycles. The minimum atomic E-state index is -4.45. The van der Waals surface area contributed by atoms with E-state index < -0.39 is 17.3 Å². The zero-order chi connectivity index (χ0) is 20.5. The Labute approximate surface area is 161 Å². The molecule has 2 N–H and O–H groups in total. The average molecular weight is 406 g/mol. The topological polar surface area (TPSA) is 82.7 Å². The van der Waals surface area contributed by atoms with Crippen LogP contribution in [-0.4, -0.2) is 26.6 Å². The fraction of sp³-hybridized carbons (Fsp3) is 0.111. The molecule has 1 aromatic heterocycles. The molecule has 2 aromatic rings. The van der Waals surface area contributed by atoms with Crippen molar-refractivity contribution in [2.45, 2.75) is 12.7 Å². The fourth-order valence-corrected chi connectivity index (χ4v) is 2.83. The molecule has 0 fully saturated rings. The van der Waals surface area contributed by atoms with E-state index in [-0.39, 0.29) is 28.5 Å². The quantitative estimate of drug-likeness (QED) is 0.600. The smallest absolute Gasteiger partial charge is 0.416 e. The van der Waals surface area contributed by atoms with Gasteiger partial charge in [0.1, 0.15) is 11.3 Å². The summed E-state index contributed by atoms with van der Waals surface area (Å²) in [5.41, 5.74) is -0.498. The Morgan fingerprint density at radius 1 is 1.29 bits per heavy atom. The van der Waals surface area contributed by atoms with Crippen LogP contribution in [0, 0.1) is 4.77 Å². The van der Waals surface area contributed by atoms with Gasteiger partial charge in [0, 0.05) is 17.7 Å². The molecule has 0 amide bonds. The van der Waals surface area contributed by atoms with E-state index in [9.17, 15) is 23.1 Å². The minimum Gasteiger partial charge on any atom is -0.494 e. The highest BCUT2D eigenvalue weighted by Crippen LogP contribution is 2.30. The maximum absolute atomic E-state index is 12.7. The molecule has 0 unspecified atom stereocenters. The number of nitrogens with zero attached hydrogens (tertiary/aromatic N) is 3. The van der Waals surface area contributed by atoms with Gasteiger partial charge in [-0.3, -0.25) is 14.3 Å². The summed E-state index contributed by atoms with van der Waals surface area (Å²) in [5.74, 6) is -0.367. The van der Waals surface area contributed by atoms with Gasteiger partial charge >= 0.3 is 6.18 Å². The lowest BCUT2D eigenvalue weighted by molar-refractivity contribution is -0.137. The van der Waals surface area contributed by atoms with Gasteiger partial charge in [-0.2, -0.15) is 18.3 Å². The van der Waals surface area contributed by atoms with Crippen LogP contribution in [0.3, 0.4) is 0 Å². The lowest BCUT2D eigenvalue weighted by Crippen LogP contribution is -2.17. The predicted molar refractivity (Wildman–Crippen MR) is 102 cm³/mol. The maximum Gasteiger partial charge on any atom is 0.416 e. The normalized spacial score (nSPS) is 15.1. The van der Waals surface area contributed by atoms with Crippen molar-refractivity contribution in [2.24, 2.45) is 10.2 Å². The number of rotatable bonds is 4. The van der Waals surface area contributed by atoms with Crippen molar-refractivity contribution in [2.75, 3.05) is 0 Å². The molecule has 1 aliphatic heterocycles. The lowest BCUT2D eigenvalue weighted by atomic mass is 10.0. The summed E-state index contributed by atoms with van der Waals surface area (Å²) in [4.78, 5) is 14.7. The van der Waals surface area contributed by atoms with Gasteiger partial charge in [0.05, 0.1) is 11.8 Å². The van der Waals surface area contributed by atoms with E-state index in [2.05, 4.69) is 21.8 Å². The highest BCUT2D eigenvalue weighted by Gasteiger charge is 2.30. The van der Waals surface area contributed by atoms with Crippen LogP contribution in [0.2, 0.25) is 0 Å². The van der Waals surface area contributed by atoms with Crippen molar-refractivity contribution in [1.29, 1.82) is 0 Å². The van der Waals surface area contributed by atoms with Crippen LogP contribution in [0.25, 0.3) is 6.08 Å². The molecule has 0 saturated heterocycles. The largest absolute Gasteiger partial charge is 0.494 e. The first-order chi connectivity index (χ1) is 13.2. The first kappa shape index (κ1) is 19.5. The van der Waals surface area contributed by atoms with Crippen LogP contribution < -0.4 is 5.56 Å². The molecule has 0 aliphatic carbocycles. The van der Waals surface area contributed by atoms with Crippen molar-refractivity contribution >= 4 is 30.2 Å². The van der Waals surface area contributed by atoms with Crippen LogP contribution in [-0.2, 0) is 12.7 Å². The van der Waals surface area contributed by atoms with E-state index in [0.29, 0.717) is 11.1 Å². The van der Waals surface area contributed by atoms with Crippen molar-refractivity contribution in [3.63, 3.8) is 0 Å². The predicted octanol–water partition coefficient (Wildman–Crippen LogP) is 3.69. The zero-order valence-electron chi connectivity index (χ0n) is 14.2. The van der Waals surface area contributed by atoms with Crippen molar-refractivity contribution in [3.8, 4) is 5.88 Å². The highest BCUT2D eigenvalue weighted by molar-refractivity contribution is 7.71. The molecule has 144 valence electrons. The number of aromatic nitrogens is 2. The standard InChI is InChI=1S/C18H13F3N4O2S/c1-2-7-25-16(27)13(15(26)23-17(25)28)8-11-9-22-24-14(11)10-3-5-12(6-4-10)18(19,20)21/h2-6,8-9,27H,1,7H2,(H,23,26,28). The number of nitrogens with one attached hydrogen (secondary N) is 1. The monoisotopic (exact) mass is 406 g/mol. The number of halogens is 3. The van der Waals surface area contributed by atoms with Crippen molar-refractivity contribution in [1.82, 2.24) is 9.55 Å². The first-order valence-corrected chi connectivity index (χ1v) is 8.31. The molecule has 1 aromatic carbocycles. The molecule has 6 nitrogen and oxygen atoms in total. The van der Waals surface area contributed by atoms with E-state index in [0.717, 1.165) is 12.1 Å². The summed E-state index contributed by atoms with van der Waals surface area (Å²) >= 11 is 5.01. The molecular formula is C18H13F3N4O2S. The van der Waals surface area contributed by atoms with E-state index in [1.165, 1.54) is 35.1 Å². The number of benzene rings is 1. The summed E-state index contributed by atoms with van der Waals surface area (Å²) in [5, 5.41) is 18.1. The molecular weight excluding hydrogens is 393 g/mol. The number of aromatic hydroxyl groups is 1. The molecule has 10 heteroatoms. The van der Waals surface area contributed by atoms with Gasteiger partial charge in [0.2, 0.25) is 5.88 Å². The van der Waals surface area contributed by atoms with Gasteiger partial charge in [-0.15, -0.1) is 11.7 Å². The Hall–Kier alpha value is -3.27. The molecule has 0 saturated carbocycles. The molecule has 0 spiro atoms. The SMILES string of the molecule is C=CCn1c(O)c(C=C2C=NN=C2c2ccc(C(F)(F)F)cc2)c(=O)[nH]c1=S. The van der Waals surface area contributed by atoms with Gasteiger partial charge in [0.25, 0.3) is 5.56 Å². The summed E-state index contributed by atoms with van der Waals surface area (Å²) in [6.07, 6.45) is -0.271. The van der Waals surface area contributed by atoms with Gasteiger partial charge < -0.3 is 5.11 Å². The van der Waals surface area contributed by atoms with Crippen LogP contribution in [0.1, 0.15) is 16.7 Å². The summed E-state index contributed by atoms with van der Waals surface area (Å²) in [7, 11) is 0. The second-order valence-electron chi connectivity index (χ2n) is 5.76. The number of aromatic amines is 1. The van der Waals surface area contributed by atoms with Crippen LogP contribution >= 0.6 is 12.2 Å². The van der Waals surface area contributed by atoms with E-state index in [4.69, 9.17) is 12.2 Å². The molecule has 0 radical (unpaired) electrons. The third kappa shape index (κ3) is 3.72. The van der Waals surface area contributed by atoms with Crippen LogP contribution in [0.4, 0.5) is 13.2 Å². The zero-order valence-corrected chi connectivity index (χ0v) is 15.0. The van der Waals surface area contributed by atoms with E-state index >= 15 is 0 Å². The Kier molecular flexibility index (Phi) is 5.14. The fourth-order valence-electron chi connectivity index (χ4n) is 2.57. The number of hydrogen-bond donors (Lipinski definition) is 2. The second kappa shape index (κ2) is 7.39. The van der Waals surface area contributed by atoms with Gasteiger partial charge in [-0.05, 0) is 30.4 Å². The van der Waals surface area contributed by atoms with Crippen LogP contribution in [0.15, 0.2) is 57.5 Å². The Bertz CT molecular complexity index is 1140. The molecule has 1 aliphatic rings.